The highest BCUT2D eigenvalue weighted by Crippen LogP contribution is 2.40. The van der Waals surface area contributed by atoms with Crippen LogP contribution < -0.4 is 0 Å². The molecule has 328 valence electrons. The minimum Gasteiger partial charge on any atom is -0.394 e. The molecule has 20 heteroatoms. The third-order valence-corrected chi connectivity index (χ3v) is 15.8. The van der Waals surface area contributed by atoms with Crippen LogP contribution in [0.2, 0.25) is 0 Å². The normalized spacial score (nSPS) is 28.5. The van der Waals surface area contributed by atoms with Crippen molar-refractivity contribution in [2.75, 3.05) is 13.2 Å². The average molecular weight is 889 g/mol. The molecule has 2 saturated heterocycles. The van der Waals surface area contributed by atoms with Gasteiger partial charge in [-0.15, -0.1) is 0 Å². The number of hydrogen-bond acceptors (Lipinski definition) is 17. The molecule has 2 heterocycles. The maximum Gasteiger partial charge on any atom is 0.298 e. The van der Waals surface area contributed by atoms with Crippen LogP contribution in [-0.4, -0.2) is 129 Å². The number of hydrogen-bond donors (Lipinski definition) is 6. The number of sulfone groups is 1. The van der Waals surface area contributed by atoms with Crippen molar-refractivity contribution in [1.82, 2.24) is 0 Å². The maximum atomic E-state index is 14.9. The summed E-state index contributed by atoms with van der Waals surface area (Å²) in [6.45, 7) is 11.8. The first-order chi connectivity index (χ1) is 27.2. The summed E-state index contributed by atoms with van der Waals surface area (Å²) in [5.74, 6) is -3.12. The summed E-state index contributed by atoms with van der Waals surface area (Å²) in [4.78, 5) is -0.920. The van der Waals surface area contributed by atoms with Gasteiger partial charge < -0.3 is 44.8 Å². The lowest BCUT2D eigenvalue weighted by atomic mass is 9.99. The van der Waals surface area contributed by atoms with Gasteiger partial charge in [0.2, 0.25) is 15.6 Å². The quantitative estimate of drug-likeness (QED) is 0.131. The van der Waals surface area contributed by atoms with Crippen molar-refractivity contribution in [2.24, 2.45) is 0 Å². The Kier molecular flexibility index (Phi) is 13.6. The van der Waals surface area contributed by atoms with E-state index >= 15 is 0 Å². The molecule has 0 saturated carbocycles. The van der Waals surface area contributed by atoms with Crippen LogP contribution in [0.5, 0.6) is 0 Å². The second-order valence-electron chi connectivity index (χ2n) is 15.5. The molecule has 0 spiro atoms. The predicted molar refractivity (Wildman–Crippen MR) is 209 cm³/mol. The summed E-state index contributed by atoms with van der Waals surface area (Å²) in [6.07, 6.45) is -17.7. The van der Waals surface area contributed by atoms with E-state index < -0.39 is 104 Å². The van der Waals surface area contributed by atoms with Crippen LogP contribution in [0.4, 0.5) is 0 Å². The first kappa shape index (κ1) is 47.1. The molecule has 2 fully saturated rings. The molecule has 1 unspecified atom stereocenters. The number of rotatable bonds is 13. The summed E-state index contributed by atoms with van der Waals surface area (Å²) in [5, 5.41) is 66.4. The zero-order chi connectivity index (χ0) is 44.3. The highest BCUT2D eigenvalue weighted by Gasteiger charge is 2.61. The van der Waals surface area contributed by atoms with E-state index in [-0.39, 0.29) is 36.9 Å². The molecule has 3 aromatic rings. The van der Waals surface area contributed by atoms with Gasteiger partial charge in [0.1, 0.15) is 43.2 Å². The van der Waals surface area contributed by atoms with E-state index in [1.54, 1.807) is 45.0 Å². The summed E-state index contributed by atoms with van der Waals surface area (Å²) in [6, 6.07) is 9.31. The Morgan fingerprint density at radius 2 is 1.07 bits per heavy atom. The summed E-state index contributed by atoms with van der Waals surface area (Å²) in [7, 11) is -14.6. The highest BCUT2D eigenvalue weighted by atomic mass is 32.2. The fourth-order valence-corrected chi connectivity index (χ4v) is 13.1. The molecule has 2 aliphatic heterocycles. The SMILES string of the molecule is Cc1cc(C)c(S(=O)(=O)OC[C@@]2(O)O[C@H](C(O[C@H]3O[C@H](CO)[C@@H](O)[C@H](O)[C@H]3OS(=O)(=O)c3c(C)cc(C)cc3C)S(=O)(=O)c3c(C)cc(C)cc3C)[C@@H](O)[C@@H]2O)c(C)c1. The van der Waals surface area contributed by atoms with E-state index in [1.807, 2.05) is 0 Å². The first-order valence-electron chi connectivity index (χ1n) is 18.5. The highest BCUT2D eigenvalue weighted by molar-refractivity contribution is 7.92. The molecule has 59 heavy (non-hydrogen) atoms. The van der Waals surface area contributed by atoms with Crippen molar-refractivity contribution in [3.8, 4) is 0 Å². The number of aryl methyl sites for hydroxylation is 9. The van der Waals surface area contributed by atoms with Gasteiger partial charge in [-0.3, -0.25) is 8.37 Å². The van der Waals surface area contributed by atoms with E-state index in [0.717, 1.165) is 11.1 Å². The fourth-order valence-electron chi connectivity index (χ4n) is 8.15. The largest absolute Gasteiger partial charge is 0.394 e. The maximum absolute atomic E-state index is 14.9. The topological polar surface area (TPSA) is 270 Å². The minimum atomic E-state index is -5.04. The second-order valence-corrected chi connectivity index (χ2v) is 20.6. The van der Waals surface area contributed by atoms with Crippen LogP contribution in [0.3, 0.4) is 0 Å². The molecule has 2 aliphatic rings. The second kappa shape index (κ2) is 17.1. The van der Waals surface area contributed by atoms with Crippen molar-refractivity contribution < 1.29 is 78.5 Å². The van der Waals surface area contributed by atoms with Gasteiger partial charge >= 0.3 is 0 Å². The zero-order valence-electron chi connectivity index (χ0n) is 34.0. The van der Waals surface area contributed by atoms with E-state index in [0.29, 0.717) is 16.7 Å². The average Bonchev–Trinajstić information content (AvgIpc) is 3.31. The summed E-state index contributed by atoms with van der Waals surface area (Å²) >= 11 is 0. The predicted octanol–water partition coefficient (Wildman–Crippen LogP) is 1.01. The van der Waals surface area contributed by atoms with Gasteiger partial charge in [-0.1, -0.05) is 53.1 Å². The Morgan fingerprint density at radius 1 is 0.644 bits per heavy atom. The number of benzene rings is 3. The monoisotopic (exact) mass is 888 g/mol. The molecule has 0 aromatic heterocycles. The molecule has 0 amide bonds. The van der Waals surface area contributed by atoms with Crippen LogP contribution in [0.1, 0.15) is 50.1 Å². The Morgan fingerprint density at radius 3 is 1.51 bits per heavy atom. The van der Waals surface area contributed by atoms with E-state index in [2.05, 4.69) is 0 Å². The van der Waals surface area contributed by atoms with Gasteiger partial charge in [-0.2, -0.15) is 16.8 Å². The lowest BCUT2D eigenvalue weighted by molar-refractivity contribution is -0.310. The molecule has 3 aromatic carbocycles. The van der Waals surface area contributed by atoms with Crippen molar-refractivity contribution in [1.29, 1.82) is 0 Å². The van der Waals surface area contributed by atoms with Gasteiger partial charge in [-0.05, 0) is 95.7 Å². The number of aliphatic hydroxyl groups is 6. The standard InChI is InChI=1S/C39H52O17S3/c1-18-10-21(4)33(22(5)11-18)57(46,47)38(32-30(43)36(44)39(45,55-32)17-52-58(48,49)34-23(6)12-19(2)13-24(34)7)54-37-31(29(42)28(41)27(16-40)53-37)56-59(50,51)35-25(8)14-20(3)15-26(35)9/h10-15,27-32,36-38,40-45H,16-17H2,1-9H3/t27-,28-,29+,30-,31-,32+,36+,37-,38?,39-/m1/s1. The molecule has 10 atom stereocenters. The Balaban J connectivity index is 1.60. The van der Waals surface area contributed by atoms with Crippen molar-refractivity contribution in [3.63, 3.8) is 0 Å². The van der Waals surface area contributed by atoms with Gasteiger partial charge in [0, 0.05) is 0 Å². The lowest BCUT2D eigenvalue weighted by Gasteiger charge is -2.43. The summed E-state index contributed by atoms with van der Waals surface area (Å²) < 4.78 is 112. The molecule has 0 radical (unpaired) electrons. The Labute approximate surface area is 344 Å². The Hall–Kier alpha value is -2.93. The first-order valence-corrected chi connectivity index (χ1v) is 22.9. The molecular weight excluding hydrogens is 837 g/mol. The van der Waals surface area contributed by atoms with Crippen LogP contribution in [0.15, 0.2) is 51.1 Å². The smallest absolute Gasteiger partial charge is 0.298 e. The van der Waals surface area contributed by atoms with Gasteiger partial charge in [0.15, 0.2) is 17.8 Å². The third-order valence-electron chi connectivity index (χ3n) is 10.4. The van der Waals surface area contributed by atoms with E-state index in [9.17, 15) is 55.9 Å². The van der Waals surface area contributed by atoms with Crippen LogP contribution in [0, 0.1) is 62.3 Å². The van der Waals surface area contributed by atoms with Gasteiger partial charge in [0.05, 0.1) is 21.3 Å². The van der Waals surface area contributed by atoms with E-state index in [4.69, 9.17) is 22.6 Å². The molecule has 5 rings (SSSR count). The molecule has 17 nitrogen and oxygen atoms in total. The third kappa shape index (κ3) is 9.17. The van der Waals surface area contributed by atoms with Crippen LogP contribution in [-0.2, 0) is 52.7 Å². The zero-order valence-corrected chi connectivity index (χ0v) is 36.4. The molecule has 0 aliphatic carbocycles. The molecule has 0 bridgehead atoms. The lowest BCUT2D eigenvalue weighted by Crippen LogP contribution is -2.62. The number of aliphatic hydroxyl groups excluding tert-OH is 5. The fraction of sp³-hybridized carbons (Fsp3) is 0.538. The van der Waals surface area contributed by atoms with Crippen molar-refractivity contribution in [3.05, 3.63) is 86.5 Å². The number of ether oxygens (including phenoxy) is 3. The molecular formula is C39H52O17S3. The summed E-state index contributed by atoms with van der Waals surface area (Å²) in [5.41, 5.74) is 1.00. The van der Waals surface area contributed by atoms with Crippen molar-refractivity contribution in [2.45, 2.75) is 137 Å². The van der Waals surface area contributed by atoms with Gasteiger partial charge in [0.25, 0.3) is 20.2 Å². The Bertz CT molecular complexity index is 2350. The van der Waals surface area contributed by atoms with Crippen LogP contribution >= 0.6 is 0 Å². The minimum absolute atomic E-state index is 0.173. The van der Waals surface area contributed by atoms with Gasteiger partial charge in [-0.25, -0.2) is 8.42 Å². The molecule has 6 N–H and O–H groups in total. The van der Waals surface area contributed by atoms with Crippen LogP contribution in [0.25, 0.3) is 0 Å². The van der Waals surface area contributed by atoms with Crippen molar-refractivity contribution >= 4 is 30.1 Å². The van der Waals surface area contributed by atoms with E-state index in [1.165, 1.54) is 53.7 Å².